The molecule has 1 aromatic carbocycles. The van der Waals surface area contributed by atoms with Gasteiger partial charge in [0.05, 0.1) is 6.04 Å². The summed E-state index contributed by atoms with van der Waals surface area (Å²) in [5, 5.41) is 2.36. The molecule has 1 aromatic rings. The highest BCUT2D eigenvalue weighted by molar-refractivity contribution is 5.96. The van der Waals surface area contributed by atoms with Crippen LogP contribution in [0.5, 0.6) is 0 Å². The van der Waals surface area contributed by atoms with Gasteiger partial charge in [-0.2, -0.15) is 0 Å². The molecule has 0 saturated carbocycles. The summed E-state index contributed by atoms with van der Waals surface area (Å²) in [6.45, 7) is 2.22. The van der Waals surface area contributed by atoms with Crippen molar-refractivity contribution in [3.8, 4) is 0 Å². The molecule has 3 amide bonds. The van der Waals surface area contributed by atoms with Gasteiger partial charge in [0.15, 0.2) is 0 Å². The van der Waals surface area contributed by atoms with Crippen LogP contribution in [0.2, 0.25) is 0 Å². The quantitative estimate of drug-likeness (QED) is 0.839. The molecule has 2 heterocycles. The maximum Gasteiger partial charge on any atom is 0.324 e. The molecule has 0 bridgehead atoms. The van der Waals surface area contributed by atoms with Crippen molar-refractivity contribution in [2.24, 2.45) is 0 Å². The van der Waals surface area contributed by atoms with Crippen molar-refractivity contribution in [1.29, 1.82) is 0 Å². The van der Waals surface area contributed by atoms with Gasteiger partial charge in [-0.25, -0.2) is 4.79 Å². The zero-order chi connectivity index (χ0) is 12.5. The Kier molecular flexibility index (Phi) is 2.66. The van der Waals surface area contributed by atoms with E-state index in [-0.39, 0.29) is 18.0 Å². The summed E-state index contributed by atoms with van der Waals surface area (Å²) in [5.41, 5.74) is 1.18. The molecule has 1 N–H and O–H groups in total. The number of carbonyl (C=O) groups is 2. The zero-order valence-electron chi connectivity index (χ0n) is 10.0. The standard InChI is InChI=1S/C13H15N3O2/c17-12-6-7-16(13(18)14-12)11-8-15(9-11)10-4-2-1-3-5-10/h1-5,11H,6-9H2,(H,14,17,18). The van der Waals surface area contributed by atoms with E-state index in [4.69, 9.17) is 0 Å². The van der Waals surface area contributed by atoms with E-state index in [1.807, 2.05) is 18.2 Å². The lowest BCUT2D eigenvalue weighted by Gasteiger charge is -2.47. The van der Waals surface area contributed by atoms with Crippen LogP contribution >= 0.6 is 0 Å². The van der Waals surface area contributed by atoms with Crippen LogP contribution in [0.25, 0.3) is 0 Å². The number of rotatable bonds is 2. The Morgan fingerprint density at radius 1 is 1.11 bits per heavy atom. The van der Waals surface area contributed by atoms with Gasteiger partial charge in [-0.05, 0) is 12.1 Å². The number of benzene rings is 1. The lowest BCUT2D eigenvalue weighted by atomic mass is 10.0. The van der Waals surface area contributed by atoms with Gasteiger partial charge in [-0.3, -0.25) is 10.1 Å². The fourth-order valence-electron chi connectivity index (χ4n) is 2.43. The third-order valence-corrected chi connectivity index (χ3v) is 3.51. The Labute approximate surface area is 105 Å². The molecule has 2 fully saturated rings. The van der Waals surface area contributed by atoms with Crippen LogP contribution in [-0.4, -0.2) is 42.5 Å². The minimum Gasteiger partial charge on any atom is -0.367 e. The molecule has 2 saturated heterocycles. The van der Waals surface area contributed by atoms with Gasteiger partial charge in [0.2, 0.25) is 5.91 Å². The van der Waals surface area contributed by atoms with E-state index < -0.39 is 0 Å². The number of hydrogen-bond donors (Lipinski definition) is 1. The van der Waals surface area contributed by atoms with Crippen LogP contribution < -0.4 is 10.2 Å². The molecule has 2 aliphatic heterocycles. The molecule has 18 heavy (non-hydrogen) atoms. The monoisotopic (exact) mass is 245 g/mol. The topological polar surface area (TPSA) is 52.7 Å². The SMILES string of the molecule is O=C1CCN(C2CN(c3ccccc3)C2)C(=O)N1. The predicted octanol–water partition coefficient (Wildman–Crippen LogP) is 0.817. The summed E-state index contributed by atoms with van der Waals surface area (Å²) in [4.78, 5) is 26.7. The lowest BCUT2D eigenvalue weighted by Crippen LogP contribution is -2.65. The second-order valence-electron chi connectivity index (χ2n) is 4.69. The molecule has 0 radical (unpaired) electrons. The number of nitrogens with zero attached hydrogens (tertiary/aromatic N) is 2. The smallest absolute Gasteiger partial charge is 0.324 e. The number of anilines is 1. The van der Waals surface area contributed by atoms with Gasteiger partial charge >= 0.3 is 6.03 Å². The van der Waals surface area contributed by atoms with E-state index >= 15 is 0 Å². The summed E-state index contributed by atoms with van der Waals surface area (Å²) < 4.78 is 0. The summed E-state index contributed by atoms with van der Waals surface area (Å²) in [5.74, 6) is -0.171. The summed E-state index contributed by atoms with van der Waals surface area (Å²) in [7, 11) is 0. The van der Waals surface area contributed by atoms with Crippen molar-refractivity contribution in [3.05, 3.63) is 30.3 Å². The van der Waals surface area contributed by atoms with Gasteiger partial charge in [0.1, 0.15) is 0 Å². The van der Waals surface area contributed by atoms with Crippen LogP contribution in [0.4, 0.5) is 10.5 Å². The van der Waals surface area contributed by atoms with E-state index in [9.17, 15) is 9.59 Å². The maximum absolute atomic E-state index is 11.7. The number of nitrogens with one attached hydrogen (secondary N) is 1. The summed E-state index contributed by atoms with van der Waals surface area (Å²) >= 11 is 0. The number of carbonyl (C=O) groups excluding carboxylic acids is 2. The first-order chi connectivity index (χ1) is 8.74. The van der Waals surface area contributed by atoms with E-state index in [2.05, 4.69) is 22.3 Å². The molecule has 2 aliphatic rings. The van der Waals surface area contributed by atoms with Gasteiger partial charge in [0, 0.05) is 31.7 Å². The molecule has 0 aliphatic carbocycles. The molecule has 0 spiro atoms. The first kappa shape index (κ1) is 11.1. The molecule has 5 nitrogen and oxygen atoms in total. The molecule has 0 unspecified atom stereocenters. The van der Waals surface area contributed by atoms with Crippen LogP contribution in [-0.2, 0) is 4.79 Å². The number of urea groups is 1. The van der Waals surface area contributed by atoms with Crippen molar-refractivity contribution in [2.45, 2.75) is 12.5 Å². The van der Waals surface area contributed by atoms with E-state index in [1.165, 1.54) is 5.69 Å². The molecule has 0 atom stereocenters. The number of amides is 3. The molecule has 0 aromatic heterocycles. The molecular formula is C13H15N3O2. The van der Waals surface area contributed by atoms with Gasteiger partial charge < -0.3 is 9.80 Å². The molecule has 94 valence electrons. The molecule has 3 rings (SSSR count). The highest BCUT2D eigenvalue weighted by Gasteiger charge is 2.37. The van der Waals surface area contributed by atoms with Crippen LogP contribution in [0.15, 0.2) is 30.3 Å². The van der Waals surface area contributed by atoms with Crippen LogP contribution in [0.1, 0.15) is 6.42 Å². The van der Waals surface area contributed by atoms with Gasteiger partial charge in [-0.1, -0.05) is 18.2 Å². The fraction of sp³-hybridized carbons (Fsp3) is 0.385. The van der Waals surface area contributed by atoms with Crippen molar-refractivity contribution in [2.75, 3.05) is 24.5 Å². The second-order valence-corrected chi connectivity index (χ2v) is 4.69. The van der Waals surface area contributed by atoms with Crippen molar-refractivity contribution >= 4 is 17.6 Å². The van der Waals surface area contributed by atoms with Gasteiger partial charge in [-0.15, -0.1) is 0 Å². The Bertz CT molecular complexity index is 468. The number of imide groups is 1. The van der Waals surface area contributed by atoms with E-state index in [0.717, 1.165) is 13.1 Å². The van der Waals surface area contributed by atoms with E-state index in [0.29, 0.717) is 13.0 Å². The Hall–Kier alpha value is -2.04. The largest absolute Gasteiger partial charge is 0.367 e. The predicted molar refractivity (Wildman–Crippen MR) is 67.3 cm³/mol. The first-order valence-corrected chi connectivity index (χ1v) is 6.14. The highest BCUT2D eigenvalue weighted by atomic mass is 16.2. The van der Waals surface area contributed by atoms with E-state index in [1.54, 1.807) is 4.90 Å². The number of hydrogen-bond acceptors (Lipinski definition) is 3. The normalized spacial score (nSPS) is 20.7. The third-order valence-electron chi connectivity index (χ3n) is 3.51. The van der Waals surface area contributed by atoms with Gasteiger partial charge in [0.25, 0.3) is 0 Å². The summed E-state index contributed by atoms with van der Waals surface area (Å²) in [6.07, 6.45) is 0.410. The first-order valence-electron chi connectivity index (χ1n) is 6.14. The Morgan fingerprint density at radius 2 is 1.83 bits per heavy atom. The lowest BCUT2D eigenvalue weighted by molar-refractivity contribution is -0.121. The van der Waals surface area contributed by atoms with Crippen molar-refractivity contribution < 1.29 is 9.59 Å². The Balaban J connectivity index is 1.59. The average molecular weight is 245 g/mol. The summed E-state index contributed by atoms with van der Waals surface area (Å²) in [6, 6.07) is 10.1. The molecule has 5 heteroatoms. The van der Waals surface area contributed by atoms with Crippen molar-refractivity contribution in [1.82, 2.24) is 10.2 Å². The fourth-order valence-corrected chi connectivity index (χ4v) is 2.43. The maximum atomic E-state index is 11.7. The number of para-hydroxylation sites is 1. The van der Waals surface area contributed by atoms with Crippen molar-refractivity contribution in [3.63, 3.8) is 0 Å². The van der Waals surface area contributed by atoms with Crippen LogP contribution in [0, 0.1) is 0 Å². The van der Waals surface area contributed by atoms with Crippen LogP contribution in [0.3, 0.4) is 0 Å². The highest BCUT2D eigenvalue weighted by Crippen LogP contribution is 2.24. The zero-order valence-corrected chi connectivity index (χ0v) is 10.0. The second kappa shape index (κ2) is 4.33. The Morgan fingerprint density at radius 3 is 2.50 bits per heavy atom. The minimum atomic E-state index is -0.246. The molecular weight excluding hydrogens is 230 g/mol. The minimum absolute atomic E-state index is 0.171. The third kappa shape index (κ3) is 1.92. The average Bonchev–Trinajstić information content (AvgIpc) is 2.31.